The number of hydrogen-bond donors (Lipinski definition) is 2. The Kier molecular flexibility index (Phi) is 5.82. The Morgan fingerprint density at radius 3 is 2.69 bits per heavy atom. The van der Waals surface area contributed by atoms with Crippen LogP contribution in [0.4, 0.5) is 39.4 Å². The van der Waals surface area contributed by atoms with Crippen molar-refractivity contribution < 1.29 is 31.5 Å². The highest BCUT2D eigenvalue weighted by Gasteiger charge is 2.35. The number of rotatable bonds is 5. The van der Waals surface area contributed by atoms with E-state index in [4.69, 9.17) is 4.74 Å². The zero-order valence-corrected chi connectivity index (χ0v) is 15.1. The van der Waals surface area contributed by atoms with Crippen molar-refractivity contribution in [3.05, 3.63) is 41.1 Å². The molecule has 1 unspecified atom stereocenters. The molecule has 1 fully saturated rings. The molecule has 1 aliphatic heterocycles. The van der Waals surface area contributed by atoms with E-state index in [0.29, 0.717) is 19.2 Å². The van der Waals surface area contributed by atoms with Crippen LogP contribution in [-0.2, 0) is 15.7 Å². The highest BCUT2D eigenvalue weighted by molar-refractivity contribution is 5.58. The first-order valence-corrected chi connectivity index (χ1v) is 8.42. The molecule has 0 aliphatic carbocycles. The second-order valence-corrected chi connectivity index (χ2v) is 6.12. The molecular formula is C17H16F5N5O2. The minimum atomic E-state index is -4.68. The van der Waals surface area contributed by atoms with Crippen LogP contribution in [0, 0.1) is 11.6 Å². The predicted octanol–water partition coefficient (Wildman–Crippen LogP) is 3.09. The Morgan fingerprint density at radius 2 is 2.03 bits per heavy atom. The number of anilines is 3. The lowest BCUT2D eigenvalue weighted by atomic mass is 10.1. The maximum atomic E-state index is 14.5. The van der Waals surface area contributed by atoms with Crippen molar-refractivity contribution in [3.8, 4) is 0 Å². The number of hydrogen-bond acceptors (Lipinski definition) is 6. The minimum absolute atomic E-state index is 0.0696. The number of carbonyl (C=O) groups is 1. The van der Waals surface area contributed by atoms with E-state index in [-0.39, 0.29) is 30.4 Å². The molecular weight excluding hydrogens is 401 g/mol. The molecule has 2 N–H and O–H groups in total. The summed E-state index contributed by atoms with van der Waals surface area (Å²) in [5, 5.41) is 4.65. The molecule has 156 valence electrons. The Bertz CT molecular complexity index is 909. The number of carbonyl (C=O) groups excluding carboxylic acids is 1. The van der Waals surface area contributed by atoms with Gasteiger partial charge in [-0.05, 0) is 6.07 Å². The Hall–Kier alpha value is -3.02. The Labute approximate surface area is 161 Å². The lowest BCUT2D eigenvalue weighted by Gasteiger charge is -2.30. The van der Waals surface area contributed by atoms with Gasteiger partial charge in [-0.15, -0.1) is 0 Å². The van der Waals surface area contributed by atoms with Crippen LogP contribution in [0.2, 0.25) is 0 Å². The molecule has 0 spiro atoms. The third-order valence-electron chi connectivity index (χ3n) is 4.28. The molecule has 3 rings (SSSR count). The molecule has 1 saturated heterocycles. The molecule has 2 heterocycles. The van der Waals surface area contributed by atoms with Gasteiger partial charge in [0.15, 0.2) is 11.6 Å². The van der Waals surface area contributed by atoms with Crippen molar-refractivity contribution in [1.29, 1.82) is 0 Å². The van der Waals surface area contributed by atoms with E-state index in [1.807, 2.05) is 0 Å². The van der Waals surface area contributed by atoms with Crippen LogP contribution in [0.3, 0.4) is 0 Å². The molecule has 0 saturated carbocycles. The molecule has 1 aliphatic rings. The lowest BCUT2D eigenvalue weighted by molar-refractivity contribution is -0.137. The first-order chi connectivity index (χ1) is 13.7. The number of amides is 1. The average molecular weight is 417 g/mol. The molecule has 1 aromatic heterocycles. The van der Waals surface area contributed by atoms with Crippen molar-refractivity contribution >= 4 is 23.9 Å². The highest BCUT2D eigenvalue weighted by Crippen LogP contribution is 2.34. The summed E-state index contributed by atoms with van der Waals surface area (Å²) in [6.45, 7) is 0.597. The lowest BCUT2D eigenvalue weighted by Crippen LogP contribution is -2.37. The van der Waals surface area contributed by atoms with Gasteiger partial charge in [-0.2, -0.15) is 18.2 Å². The molecule has 7 nitrogen and oxygen atoms in total. The molecule has 1 amide bonds. The first-order valence-electron chi connectivity index (χ1n) is 8.42. The maximum Gasteiger partial charge on any atom is 0.421 e. The van der Waals surface area contributed by atoms with Crippen molar-refractivity contribution in [3.63, 3.8) is 0 Å². The third kappa shape index (κ3) is 4.36. The normalized spacial score (nSPS) is 17.2. The number of morpholine rings is 1. The zero-order valence-electron chi connectivity index (χ0n) is 15.1. The predicted molar refractivity (Wildman–Crippen MR) is 92.6 cm³/mol. The Morgan fingerprint density at radius 1 is 1.28 bits per heavy atom. The number of ether oxygens (including phenoxy) is 1. The van der Waals surface area contributed by atoms with Gasteiger partial charge in [0.25, 0.3) is 0 Å². The number of aromatic nitrogens is 2. The fraction of sp³-hybridized carbons (Fsp3) is 0.353. The third-order valence-corrected chi connectivity index (χ3v) is 4.28. The average Bonchev–Trinajstić information content (AvgIpc) is 2.70. The summed E-state index contributed by atoms with van der Waals surface area (Å²) in [4.78, 5) is 19.4. The summed E-state index contributed by atoms with van der Waals surface area (Å²) in [6, 6.07) is 2.46. The van der Waals surface area contributed by atoms with Crippen molar-refractivity contribution in [1.82, 2.24) is 14.9 Å². The van der Waals surface area contributed by atoms with E-state index in [1.54, 1.807) is 0 Å². The molecule has 0 radical (unpaired) electrons. The maximum absolute atomic E-state index is 14.5. The van der Waals surface area contributed by atoms with Crippen LogP contribution in [0.15, 0.2) is 18.3 Å². The van der Waals surface area contributed by atoms with Gasteiger partial charge in [0.1, 0.15) is 17.5 Å². The van der Waals surface area contributed by atoms with Crippen molar-refractivity contribution in [2.24, 2.45) is 0 Å². The van der Waals surface area contributed by atoms with Gasteiger partial charge in [0.05, 0.1) is 18.8 Å². The van der Waals surface area contributed by atoms with Crippen molar-refractivity contribution in [2.45, 2.75) is 12.3 Å². The number of benzene rings is 1. The highest BCUT2D eigenvalue weighted by atomic mass is 19.4. The smallest absolute Gasteiger partial charge is 0.372 e. The summed E-state index contributed by atoms with van der Waals surface area (Å²) < 4.78 is 73.1. The second-order valence-electron chi connectivity index (χ2n) is 6.12. The summed E-state index contributed by atoms with van der Waals surface area (Å²) >= 11 is 0. The van der Waals surface area contributed by atoms with E-state index < -0.39 is 35.3 Å². The van der Waals surface area contributed by atoms with E-state index >= 15 is 0 Å². The van der Waals surface area contributed by atoms with Crippen LogP contribution in [0.5, 0.6) is 0 Å². The number of halogens is 5. The SMILES string of the molecule is CNc1nc(Nc2ccc(C3CN(C=O)CCO3)c(F)c2F)ncc1C(F)(F)F. The fourth-order valence-electron chi connectivity index (χ4n) is 2.82. The van der Waals surface area contributed by atoms with Crippen LogP contribution >= 0.6 is 0 Å². The van der Waals surface area contributed by atoms with Gasteiger partial charge in [0.2, 0.25) is 12.4 Å². The van der Waals surface area contributed by atoms with Gasteiger partial charge in [0, 0.05) is 25.4 Å². The summed E-state index contributed by atoms with van der Waals surface area (Å²) in [5.74, 6) is -3.34. The van der Waals surface area contributed by atoms with E-state index in [0.717, 1.165) is 0 Å². The largest absolute Gasteiger partial charge is 0.421 e. The molecule has 1 aromatic carbocycles. The Balaban J connectivity index is 1.86. The van der Waals surface area contributed by atoms with Crippen LogP contribution in [-0.4, -0.2) is 48.0 Å². The zero-order chi connectivity index (χ0) is 21.2. The monoisotopic (exact) mass is 417 g/mol. The molecule has 2 aromatic rings. The quantitative estimate of drug-likeness (QED) is 0.575. The topological polar surface area (TPSA) is 79.4 Å². The van der Waals surface area contributed by atoms with Gasteiger partial charge < -0.3 is 20.3 Å². The molecule has 0 bridgehead atoms. The molecule has 29 heavy (non-hydrogen) atoms. The number of alkyl halides is 3. The molecule has 1 atom stereocenters. The van der Waals surface area contributed by atoms with Crippen LogP contribution in [0.25, 0.3) is 0 Å². The summed E-state index contributed by atoms with van der Waals surface area (Å²) in [7, 11) is 1.24. The van der Waals surface area contributed by atoms with Gasteiger partial charge in [-0.1, -0.05) is 6.07 Å². The van der Waals surface area contributed by atoms with E-state index in [9.17, 15) is 26.7 Å². The minimum Gasteiger partial charge on any atom is -0.372 e. The van der Waals surface area contributed by atoms with Gasteiger partial charge in [-0.3, -0.25) is 4.79 Å². The van der Waals surface area contributed by atoms with Gasteiger partial charge in [-0.25, -0.2) is 13.8 Å². The summed E-state index contributed by atoms with van der Waals surface area (Å²) in [6.07, 6.45) is -4.38. The second kappa shape index (κ2) is 8.15. The van der Waals surface area contributed by atoms with E-state index in [1.165, 1.54) is 24.1 Å². The molecule has 12 heteroatoms. The van der Waals surface area contributed by atoms with Crippen LogP contribution in [0.1, 0.15) is 17.2 Å². The van der Waals surface area contributed by atoms with E-state index in [2.05, 4.69) is 20.6 Å². The number of nitrogens with one attached hydrogen (secondary N) is 2. The van der Waals surface area contributed by atoms with Crippen molar-refractivity contribution in [2.75, 3.05) is 37.4 Å². The van der Waals surface area contributed by atoms with Gasteiger partial charge >= 0.3 is 6.18 Å². The van der Waals surface area contributed by atoms with Crippen LogP contribution < -0.4 is 10.6 Å². The summed E-state index contributed by atoms with van der Waals surface area (Å²) in [5.41, 5.74) is -1.54. The fourth-order valence-corrected chi connectivity index (χ4v) is 2.82. The first kappa shape index (κ1) is 20.7. The standard InChI is InChI=1S/C17H16F5N5O2/c1-23-15-10(17(20,21)22)6-24-16(26-15)25-11-3-2-9(13(18)14(11)19)12-7-27(8-28)4-5-29-12/h2-3,6,8,12H,4-5,7H2,1H3,(H2,23,24,25,26). The number of nitrogens with zero attached hydrogens (tertiary/aromatic N) is 3.